The smallest absolute Gasteiger partial charge is 0.307 e. The number of methoxy groups -OCH3 is 1. The highest BCUT2D eigenvalue weighted by molar-refractivity contribution is 7.13. The van der Waals surface area contributed by atoms with Crippen LogP contribution in [-0.4, -0.2) is 29.2 Å². The fraction of sp³-hybridized carbons (Fsp3) is 0.286. The quantitative estimate of drug-likeness (QED) is 0.864. The second-order valence-electron chi connectivity index (χ2n) is 4.70. The van der Waals surface area contributed by atoms with Crippen molar-refractivity contribution in [3.05, 3.63) is 35.3 Å². The van der Waals surface area contributed by atoms with E-state index in [1.165, 1.54) is 24.0 Å². The number of benzene rings is 1. The van der Waals surface area contributed by atoms with Crippen LogP contribution < -0.4 is 10.1 Å². The van der Waals surface area contributed by atoms with Crippen LogP contribution in [0.15, 0.2) is 29.8 Å². The Morgan fingerprint density at radius 2 is 2.27 bits per heavy atom. The maximum Gasteiger partial charge on any atom is 0.307 e. The van der Waals surface area contributed by atoms with Crippen LogP contribution in [0, 0.1) is 5.92 Å². The number of amides is 1. The molecule has 1 aliphatic heterocycles. The van der Waals surface area contributed by atoms with Gasteiger partial charge in [0.1, 0.15) is 17.4 Å². The van der Waals surface area contributed by atoms with Crippen LogP contribution in [-0.2, 0) is 14.3 Å². The predicted octanol–water partition coefficient (Wildman–Crippen LogP) is 1.79. The molecule has 7 nitrogen and oxygen atoms in total. The molecule has 1 amide bonds. The van der Waals surface area contributed by atoms with Gasteiger partial charge in [-0.25, -0.2) is 0 Å². The Hall–Kier alpha value is -2.48. The number of nitrogens with one attached hydrogen (secondary N) is 1. The van der Waals surface area contributed by atoms with Crippen LogP contribution in [0.3, 0.4) is 0 Å². The minimum absolute atomic E-state index is 0.0212. The molecule has 1 fully saturated rings. The Labute approximate surface area is 130 Å². The molecule has 0 aliphatic carbocycles. The SMILES string of the molecule is COc1ccccc1[C@@H]1OC(=O)C[C@@H]1C(=O)Nc1nncs1. The zero-order chi connectivity index (χ0) is 15.5. The summed E-state index contributed by atoms with van der Waals surface area (Å²) in [5.74, 6) is -0.782. The molecule has 3 rings (SSSR count). The molecule has 1 aliphatic rings. The molecule has 1 N–H and O–H groups in total. The minimum Gasteiger partial charge on any atom is -0.496 e. The first kappa shape index (κ1) is 14.5. The van der Waals surface area contributed by atoms with Crippen LogP contribution >= 0.6 is 11.3 Å². The molecule has 0 radical (unpaired) electrons. The molecule has 0 unspecified atom stereocenters. The van der Waals surface area contributed by atoms with E-state index in [0.717, 1.165) is 0 Å². The summed E-state index contributed by atoms with van der Waals surface area (Å²) in [5.41, 5.74) is 2.19. The highest BCUT2D eigenvalue weighted by Crippen LogP contribution is 2.40. The highest BCUT2D eigenvalue weighted by atomic mass is 32.1. The second kappa shape index (κ2) is 6.10. The molecule has 2 atom stereocenters. The summed E-state index contributed by atoms with van der Waals surface area (Å²) in [6.07, 6.45) is -0.649. The number of esters is 1. The monoisotopic (exact) mass is 319 g/mol. The van der Waals surface area contributed by atoms with Gasteiger partial charge in [0.25, 0.3) is 0 Å². The van der Waals surface area contributed by atoms with E-state index in [4.69, 9.17) is 9.47 Å². The molecule has 2 heterocycles. The van der Waals surface area contributed by atoms with Crippen molar-refractivity contribution in [3.63, 3.8) is 0 Å². The molecule has 0 spiro atoms. The van der Waals surface area contributed by atoms with Crippen molar-refractivity contribution in [2.75, 3.05) is 12.4 Å². The molecule has 1 aromatic carbocycles. The van der Waals surface area contributed by atoms with E-state index in [0.29, 0.717) is 16.4 Å². The van der Waals surface area contributed by atoms with E-state index in [1.54, 1.807) is 12.1 Å². The second-order valence-corrected chi connectivity index (χ2v) is 5.53. The van der Waals surface area contributed by atoms with E-state index in [9.17, 15) is 9.59 Å². The van der Waals surface area contributed by atoms with E-state index in [2.05, 4.69) is 15.5 Å². The summed E-state index contributed by atoms with van der Waals surface area (Å²) in [5, 5.41) is 10.5. The van der Waals surface area contributed by atoms with E-state index >= 15 is 0 Å². The Morgan fingerprint density at radius 1 is 1.45 bits per heavy atom. The van der Waals surface area contributed by atoms with Gasteiger partial charge in [-0.15, -0.1) is 10.2 Å². The number of cyclic esters (lactones) is 1. The molecule has 22 heavy (non-hydrogen) atoms. The predicted molar refractivity (Wildman–Crippen MR) is 78.5 cm³/mol. The largest absolute Gasteiger partial charge is 0.496 e. The number of rotatable bonds is 4. The maximum atomic E-state index is 12.4. The molecule has 114 valence electrons. The zero-order valence-corrected chi connectivity index (χ0v) is 12.5. The summed E-state index contributed by atoms with van der Waals surface area (Å²) >= 11 is 1.21. The standard InChI is InChI=1S/C14H13N3O4S/c1-20-10-5-3-2-4-8(10)12-9(6-11(18)21-12)13(19)16-14-17-15-7-22-14/h2-5,7,9,12H,6H2,1H3,(H,16,17,19)/t9-,12-/m0/s1. The number of carbonyl (C=O) groups excluding carboxylic acids is 2. The lowest BCUT2D eigenvalue weighted by atomic mass is 9.94. The van der Waals surface area contributed by atoms with Gasteiger partial charge in [-0.2, -0.15) is 0 Å². The number of para-hydroxylation sites is 1. The summed E-state index contributed by atoms with van der Waals surface area (Å²) in [6, 6.07) is 7.17. The Balaban J connectivity index is 1.86. The normalized spacial score (nSPS) is 20.5. The third-order valence-corrected chi connectivity index (χ3v) is 3.99. The van der Waals surface area contributed by atoms with E-state index < -0.39 is 18.0 Å². The molecular formula is C14H13N3O4S. The van der Waals surface area contributed by atoms with Crippen LogP contribution in [0.2, 0.25) is 0 Å². The number of aromatic nitrogens is 2. The first-order valence-electron chi connectivity index (χ1n) is 6.58. The van der Waals surface area contributed by atoms with Crippen molar-refractivity contribution in [1.29, 1.82) is 0 Å². The number of hydrogen-bond acceptors (Lipinski definition) is 7. The van der Waals surface area contributed by atoms with Gasteiger partial charge in [0.05, 0.1) is 19.4 Å². The lowest BCUT2D eigenvalue weighted by Crippen LogP contribution is -2.25. The summed E-state index contributed by atoms with van der Waals surface area (Å²) in [7, 11) is 1.53. The average Bonchev–Trinajstić information content (AvgIpc) is 3.16. The van der Waals surface area contributed by atoms with Gasteiger partial charge >= 0.3 is 5.97 Å². The number of carbonyl (C=O) groups is 2. The van der Waals surface area contributed by atoms with Crippen LogP contribution in [0.25, 0.3) is 0 Å². The number of ether oxygens (including phenoxy) is 2. The first-order valence-corrected chi connectivity index (χ1v) is 7.46. The van der Waals surface area contributed by atoms with Crippen LogP contribution in [0.4, 0.5) is 5.13 Å². The van der Waals surface area contributed by atoms with Crippen molar-refractivity contribution in [3.8, 4) is 5.75 Å². The average molecular weight is 319 g/mol. The lowest BCUT2D eigenvalue weighted by molar-refractivity contribution is -0.141. The number of nitrogens with zero attached hydrogens (tertiary/aromatic N) is 2. The molecular weight excluding hydrogens is 306 g/mol. The van der Waals surface area contributed by atoms with Gasteiger partial charge in [-0.3, -0.25) is 9.59 Å². The summed E-state index contributed by atoms with van der Waals surface area (Å²) in [6.45, 7) is 0. The molecule has 0 bridgehead atoms. The minimum atomic E-state index is -0.670. The molecule has 1 saturated heterocycles. The zero-order valence-electron chi connectivity index (χ0n) is 11.7. The highest BCUT2D eigenvalue weighted by Gasteiger charge is 2.42. The van der Waals surface area contributed by atoms with E-state index in [-0.39, 0.29) is 12.3 Å². The van der Waals surface area contributed by atoms with Gasteiger partial charge in [0, 0.05) is 5.56 Å². The summed E-state index contributed by atoms with van der Waals surface area (Å²) in [4.78, 5) is 24.1. The lowest BCUT2D eigenvalue weighted by Gasteiger charge is -2.19. The van der Waals surface area contributed by atoms with Crippen LogP contribution in [0.1, 0.15) is 18.1 Å². The van der Waals surface area contributed by atoms with Crippen LogP contribution in [0.5, 0.6) is 5.75 Å². The number of anilines is 1. The van der Waals surface area contributed by atoms with Crippen molar-refractivity contribution in [2.45, 2.75) is 12.5 Å². The molecule has 0 saturated carbocycles. The Morgan fingerprint density at radius 3 is 3.00 bits per heavy atom. The van der Waals surface area contributed by atoms with Gasteiger partial charge in [-0.05, 0) is 6.07 Å². The third kappa shape index (κ3) is 2.77. The molecule has 2 aromatic rings. The number of hydrogen-bond donors (Lipinski definition) is 1. The van der Waals surface area contributed by atoms with Gasteiger partial charge in [0.2, 0.25) is 11.0 Å². The van der Waals surface area contributed by atoms with Gasteiger partial charge in [0.15, 0.2) is 0 Å². The summed E-state index contributed by atoms with van der Waals surface area (Å²) < 4.78 is 10.6. The van der Waals surface area contributed by atoms with E-state index in [1.807, 2.05) is 12.1 Å². The third-order valence-electron chi connectivity index (χ3n) is 3.38. The fourth-order valence-corrected chi connectivity index (χ4v) is 2.84. The first-order chi connectivity index (χ1) is 10.7. The maximum absolute atomic E-state index is 12.4. The molecule has 8 heteroatoms. The Kier molecular flexibility index (Phi) is 4.01. The van der Waals surface area contributed by atoms with Crippen molar-refractivity contribution in [2.24, 2.45) is 5.92 Å². The topological polar surface area (TPSA) is 90.4 Å². The van der Waals surface area contributed by atoms with Crippen molar-refractivity contribution < 1.29 is 19.1 Å². The van der Waals surface area contributed by atoms with Crippen molar-refractivity contribution >= 4 is 28.3 Å². The fourth-order valence-electron chi connectivity index (χ4n) is 2.40. The molecule has 1 aromatic heterocycles. The van der Waals surface area contributed by atoms with Gasteiger partial charge < -0.3 is 14.8 Å². The van der Waals surface area contributed by atoms with Gasteiger partial charge in [-0.1, -0.05) is 29.5 Å². The van der Waals surface area contributed by atoms with Crippen molar-refractivity contribution in [1.82, 2.24) is 10.2 Å². The Bertz CT molecular complexity index is 689.